The van der Waals surface area contributed by atoms with Gasteiger partial charge >= 0.3 is 0 Å². The number of unbranched alkanes of at least 4 members (excludes halogenated alkanes) is 1. The highest BCUT2D eigenvalue weighted by Gasteiger charge is 2.34. The number of anilines is 3. The maximum Gasteiger partial charge on any atom is 0.280 e. The van der Waals surface area contributed by atoms with Crippen molar-refractivity contribution in [1.29, 1.82) is 0 Å². The van der Waals surface area contributed by atoms with Gasteiger partial charge in [0.05, 0.1) is 5.54 Å². The third-order valence-electron chi connectivity index (χ3n) is 9.10. The van der Waals surface area contributed by atoms with Crippen molar-refractivity contribution in [1.82, 2.24) is 20.2 Å². The first-order chi connectivity index (χ1) is 23.4. The average molecular weight is 691 g/mol. The van der Waals surface area contributed by atoms with E-state index >= 15 is 0 Å². The summed E-state index contributed by atoms with van der Waals surface area (Å²) in [5.74, 6) is -1.08. The van der Waals surface area contributed by atoms with Crippen LogP contribution in [-0.4, -0.2) is 65.4 Å². The Balaban J connectivity index is 1.33. The fraction of sp³-hybridized carbons (Fsp3) is 0.472. The molecule has 4 rings (SSSR count). The van der Waals surface area contributed by atoms with Gasteiger partial charge in [-0.25, -0.2) is 9.97 Å². The Morgan fingerprint density at radius 2 is 1.61 bits per heavy atom. The van der Waals surface area contributed by atoms with Crippen LogP contribution in [0.2, 0.25) is 5.15 Å². The number of hydrogen-bond acceptors (Lipinski definition) is 9. The number of aromatic nitrogens is 2. The molecule has 1 unspecified atom stereocenters. The highest BCUT2D eigenvalue weighted by Crippen LogP contribution is 2.31. The molecule has 264 valence electrons. The molecular formula is C36H51ClN10O2. The number of nitrogens with zero attached hydrogens (tertiary/aromatic N) is 4. The van der Waals surface area contributed by atoms with E-state index in [1.807, 2.05) is 19.1 Å². The molecule has 1 aromatic heterocycles. The van der Waals surface area contributed by atoms with Crippen LogP contribution in [0.5, 0.6) is 0 Å². The Kier molecular flexibility index (Phi) is 13.3. The van der Waals surface area contributed by atoms with Crippen molar-refractivity contribution in [3.63, 3.8) is 0 Å². The number of guanidine groups is 1. The van der Waals surface area contributed by atoms with E-state index in [2.05, 4.69) is 68.9 Å². The van der Waals surface area contributed by atoms with Crippen LogP contribution in [0.25, 0.3) is 0 Å². The molecule has 0 bridgehead atoms. The molecule has 0 spiro atoms. The van der Waals surface area contributed by atoms with Crippen LogP contribution >= 0.6 is 11.6 Å². The quantitative estimate of drug-likeness (QED) is 0.0773. The summed E-state index contributed by atoms with van der Waals surface area (Å²) in [6, 6.07) is 12.5. The lowest BCUT2D eigenvalue weighted by Gasteiger charge is -2.30. The third-order valence-corrected chi connectivity index (χ3v) is 9.38. The zero-order valence-corrected chi connectivity index (χ0v) is 29.7. The minimum absolute atomic E-state index is 0.0428. The van der Waals surface area contributed by atoms with E-state index in [0.717, 1.165) is 75.6 Å². The second kappa shape index (κ2) is 17.4. The van der Waals surface area contributed by atoms with Crippen LogP contribution in [0, 0.1) is 0 Å². The van der Waals surface area contributed by atoms with Gasteiger partial charge in [0.2, 0.25) is 5.91 Å². The maximum atomic E-state index is 13.6. The number of amides is 2. The number of nitrogens with one attached hydrogen (secondary N) is 2. The number of nitrogen functional groups attached to an aromatic ring is 2. The molecule has 3 aromatic rings. The largest absolute Gasteiger partial charge is 0.382 e. The normalized spacial score (nSPS) is 14.3. The number of rotatable bonds is 15. The zero-order valence-electron chi connectivity index (χ0n) is 28.9. The number of aliphatic imine (C=N–C) groups is 1. The van der Waals surface area contributed by atoms with Gasteiger partial charge in [0.15, 0.2) is 28.4 Å². The SMILES string of the molecule is CCC(N)(Cc1ccc(CCCCN=C(N)NC(=O)c2nc(Cl)c(N)nc2N)c2c1CCCC2)C(=O)Nc1ccc(CCCN(C)C)cc1. The van der Waals surface area contributed by atoms with Crippen LogP contribution < -0.4 is 33.6 Å². The van der Waals surface area contributed by atoms with Crippen molar-refractivity contribution in [2.45, 2.75) is 83.1 Å². The van der Waals surface area contributed by atoms with E-state index in [9.17, 15) is 9.59 Å². The molecule has 0 saturated carbocycles. The number of aryl methyl sites for hydroxylation is 2. The van der Waals surface area contributed by atoms with Crippen molar-refractivity contribution >= 4 is 46.7 Å². The molecule has 13 heteroatoms. The van der Waals surface area contributed by atoms with Crippen molar-refractivity contribution < 1.29 is 9.59 Å². The Morgan fingerprint density at radius 1 is 0.939 bits per heavy atom. The molecule has 1 heterocycles. The molecular weight excluding hydrogens is 640 g/mol. The molecule has 0 aliphatic heterocycles. The standard InChI is InChI=1S/C36H51ClN10O2/c1-4-36(41,34(49)43-26-18-14-23(15-19-26)10-9-21-47(2)3)22-25-17-16-24(27-12-5-6-13-28(25)27)11-7-8-20-42-35(40)46-33(48)29-31(38)45-32(39)30(37)44-29/h14-19H,4-13,20-22,41H2,1-3H3,(H,43,49)(H4,38,39,45)(H3,40,42,46,48). The monoisotopic (exact) mass is 690 g/mol. The van der Waals surface area contributed by atoms with E-state index in [4.69, 9.17) is 34.5 Å². The fourth-order valence-corrected chi connectivity index (χ4v) is 6.31. The van der Waals surface area contributed by atoms with Gasteiger partial charge < -0.3 is 33.2 Å². The first-order valence-electron chi connectivity index (χ1n) is 17.1. The number of halogens is 1. The topological polar surface area (TPSA) is 204 Å². The Morgan fingerprint density at radius 3 is 2.29 bits per heavy atom. The van der Waals surface area contributed by atoms with Gasteiger partial charge in [-0.2, -0.15) is 0 Å². The fourth-order valence-electron chi connectivity index (χ4n) is 6.18. The van der Waals surface area contributed by atoms with E-state index in [1.54, 1.807) is 0 Å². The molecule has 12 nitrogen and oxygen atoms in total. The first-order valence-corrected chi connectivity index (χ1v) is 17.4. The van der Waals surface area contributed by atoms with Gasteiger partial charge in [-0.3, -0.25) is 19.9 Å². The van der Waals surface area contributed by atoms with Gasteiger partial charge in [-0.1, -0.05) is 42.8 Å². The van der Waals surface area contributed by atoms with Gasteiger partial charge in [-0.05, 0) is 131 Å². The number of fused-ring (bicyclic) bond motifs is 1. The molecule has 2 aromatic carbocycles. The maximum absolute atomic E-state index is 13.6. The average Bonchev–Trinajstić information content (AvgIpc) is 3.07. The number of nitrogens with two attached hydrogens (primary N) is 4. The van der Waals surface area contributed by atoms with E-state index in [0.29, 0.717) is 19.4 Å². The summed E-state index contributed by atoms with van der Waals surface area (Å²) in [5, 5.41) is 5.43. The summed E-state index contributed by atoms with van der Waals surface area (Å²) in [7, 11) is 4.16. The lowest BCUT2D eigenvalue weighted by Crippen LogP contribution is -2.52. The van der Waals surface area contributed by atoms with Crippen molar-refractivity contribution in [3.8, 4) is 0 Å². The summed E-state index contributed by atoms with van der Waals surface area (Å²) in [4.78, 5) is 40.2. The second-order valence-electron chi connectivity index (χ2n) is 13.1. The van der Waals surface area contributed by atoms with Crippen LogP contribution in [0.15, 0.2) is 41.4 Å². The molecule has 2 amide bonds. The smallest absolute Gasteiger partial charge is 0.280 e. The molecule has 0 saturated heterocycles. The number of hydrogen-bond donors (Lipinski definition) is 6. The van der Waals surface area contributed by atoms with Crippen LogP contribution in [-0.2, 0) is 36.9 Å². The van der Waals surface area contributed by atoms with Gasteiger partial charge in [-0.15, -0.1) is 0 Å². The molecule has 0 fully saturated rings. The highest BCUT2D eigenvalue weighted by molar-refractivity contribution is 6.31. The number of carbonyl (C=O) groups excluding carboxylic acids is 2. The van der Waals surface area contributed by atoms with Crippen LogP contribution in [0.3, 0.4) is 0 Å². The Labute approximate surface area is 294 Å². The lowest BCUT2D eigenvalue weighted by molar-refractivity contribution is -0.121. The Hall–Kier alpha value is -4.26. The molecule has 1 aliphatic carbocycles. The van der Waals surface area contributed by atoms with Gasteiger partial charge in [0, 0.05) is 12.2 Å². The summed E-state index contributed by atoms with van der Waals surface area (Å²) >= 11 is 5.87. The van der Waals surface area contributed by atoms with E-state index in [-0.39, 0.29) is 34.3 Å². The van der Waals surface area contributed by atoms with Crippen molar-refractivity contribution in [3.05, 3.63) is 75.1 Å². The van der Waals surface area contributed by atoms with Crippen molar-refractivity contribution in [2.75, 3.05) is 44.0 Å². The minimum atomic E-state index is -1.02. The summed E-state index contributed by atoms with van der Waals surface area (Å²) in [5.41, 5.74) is 30.1. The Bertz CT molecular complexity index is 1640. The predicted octanol–water partition coefficient (Wildman–Crippen LogP) is 4.02. The van der Waals surface area contributed by atoms with Crippen LogP contribution in [0.1, 0.15) is 83.8 Å². The molecule has 10 N–H and O–H groups in total. The van der Waals surface area contributed by atoms with E-state index in [1.165, 1.54) is 22.3 Å². The van der Waals surface area contributed by atoms with E-state index < -0.39 is 11.4 Å². The lowest BCUT2D eigenvalue weighted by atomic mass is 9.79. The molecule has 49 heavy (non-hydrogen) atoms. The van der Waals surface area contributed by atoms with Gasteiger partial charge in [0.25, 0.3) is 5.91 Å². The zero-order chi connectivity index (χ0) is 35.6. The predicted molar refractivity (Wildman–Crippen MR) is 199 cm³/mol. The molecule has 1 aliphatic rings. The van der Waals surface area contributed by atoms with Crippen LogP contribution in [0.4, 0.5) is 17.3 Å². The number of benzene rings is 2. The molecule has 1 atom stereocenters. The minimum Gasteiger partial charge on any atom is -0.382 e. The number of carbonyl (C=O) groups is 2. The molecule has 0 radical (unpaired) electrons. The van der Waals surface area contributed by atoms with Crippen molar-refractivity contribution in [2.24, 2.45) is 16.5 Å². The summed E-state index contributed by atoms with van der Waals surface area (Å²) < 4.78 is 0. The summed E-state index contributed by atoms with van der Waals surface area (Å²) in [6.45, 7) is 3.46. The van der Waals surface area contributed by atoms with Gasteiger partial charge in [0.1, 0.15) is 0 Å². The third kappa shape index (κ3) is 10.4. The first kappa shape index (κ1) is 37.6. The highest BCUT2D eigenvalue weighted by atomic mass is 35.5. The summed E-state index contributed by atoms with van der Waals surface area (Å²) in [6.07, 6.45) is 9.95. The second-order valence-corrected chi connectivity index (χ2v) is 13.5.